The second kappa shape index (κ2) is 21.1. The van der Waals surface area contributed by atoms with Gasteiger partial charge in [0.25, 0.3) is 0 Å². The molecule has 6 atom stereocenters. The van der Waals surface area contributed by atoms with Gasteiger partial charge in [0.1, 0.15) is 30.2 Å². The van der Waals surface area contributed by atoms with Gasteiger partial charge in [-0.15, -0.1) is 0 Å². The van der Waals surface area contributed by atoms with Crippen LogP contribution in [-0.4, -0.2) is 111 Å². The van der Waals surface area contributed by atoms with Crippen LogP contribution in [0.15, 0.2) is 30.3 Å². The summed E-state index contributed by atoms with van der Waals surface area (Å²) in [7, 11) is 0. The first-order valence-electron chi connectivity index (χ1n) is 15.9. The number of nitrogens with two attached hydrogens (primary N) is 1. The average Bonchev–Trinajstić information content (AvgIpc) is 3.01. The highest BCUT2D eigenvalue weighted by molar-refractivity contribution is 5.97. The zero-order valence-electron chi connectivity index (χ0n) is 28.4. The number of carbonyl (C=O) groups excluding carboxylic acids is 5. The van der Waals surface area contributed by atoms with E-state index in [1.54, 1.807) is 58.0 Å². The highest BCUT2D eigenvalue weighted by atomic mass is 16.4. The Morgan fingerprint density at radius 2 is 0.980 bits per heavy atom. The lowest BCUT2D eigenvalue weighted by Gasteiger charge is -2.28. The van der Waals surface area contributed by atoms with Crippen LogP contribution in [0.3, 0.4) is 0 Å². The second-order valence-corrected chi connectivity index (χ2v) is 12.6. The molecule has 1 aromatic carbocycles. The number of aliphatic carboxylic acids is 3. The largest absolute Gasteiger partial charge is 0.481 e. The maximum Gasteiger partial charge on any atom is 0.328 e. The zero-order chi connectivity index (χ0) is 38.1. The molecule has 0 aromatic heterocycles. The molecule has 5 amide bonds. The van der Waals surface area contributed by atoms with Crippen molar-refractivity contribution in [2.75, 3.05) is 6.61 Å². The molecule has 0 fully saturated rings. The van der Waals surface area contributed by atoms with Crippen molar-refractivity contribution >= 4 is 47.4 Å². The number of aliphatic hydroxyl groups is 1. The molecule has 1 aromatic rings. The topological polar surface area (TPSA) is 304 Å². The number of amides is 5. The molecule has 0 unspecified atom stereocenters. The van der Waals surface area contributed by atoms with Crippen molar-refractivity contribution in [3.05, 3.63) is 35.9 Å². The van der Waals surface area contributed by atoms with E-state index in [2.05, 4.69) is 26.6 Å². The molecule has 0 heterocycles. The van der Waals surface area contributed by atoms with Crippen LogP contribution in [0.2, 0.25) is 0 Å². The van der Waals surface area contributed by atoms with Crippen LogP contribution in [0.4, 0.5) is 0 Å². The maximum absolute atomic E-state index is 13.6. The molecule has 0 saturated heterocycles. The van der Waals surface area contributed by atoms with Gasteiger partial charge in [0.15, 0.2) is 0 Å². The van der Waals surface area contributed by atoms with E-state index in [9.17, 15) is 53.7 Å². The fourth-order valence-electron chi connectivity index (χ4n) is 4.68. The Balaban J connectivity index is 3.30. The standard InChI is InChI=1S/C32H48N6O12/c1-16(2)10-20(36-31(48)23(14-26(42)43)34-27(44)19(33)13-25(40)41)28(45)35-21(11-17(3)4)29(46)37-22(12-18-8-6-5-7-9-18)30(47)38-24(15-39)32(49)50/h5-9,16-17,19-24,39H,10-15,33H2,1-4H3,(H,34,44)(H,35,45)(H,36,48)(H,37,46)(H,38,47)(H,40,41)(H,42,43)(H,49,50)/t19-,20-,21-,22-,23-,24-/m0/s1. The summed E-state index contributed by atoms with van der Waals surface area (Å²) < 4.78 is 0. The van der Waals surface area contributed by atoms with Gasteiger partial charge in [0.05, 0.1) is 25.5 Å². The van der Waals surface area contributed by atoms with E-state index < -0.39 is 103 Å². The molecule has 18 heteroatoms. The van der Waals surface area contributed by atoms with E-state index in [-0.39, 0.29) is 31.1 Å². The van der Waals surface area contributed by atoms with Gasteiger partial charge < -0.3 is 52.7 Å². The zero-order valence-corrected chi connectivity index (χ0v) is 28.4. The summed E-state index contributed by atoms with van der Waals surface area (Å²) in [5.41, 5.74) is 6.15. The lowest BCUT2D eigenvalue weighted by molar-refractivity contribution is -0.143. The van der Waals surface area contributed by atoms with Crippen molar-refractivity contribution in [3.8, 4) is 0 Å². The van der Waals surface area contributed by atoms with E-state index in [1.807, 2.05) is 0 Å². The molecule has 0 saturated carbocycles. The summed E-state index contributed by atoms with van der Waals surface area (Å²) in [6, 6.07) is -0.419. The Bertz CT molecular complexity index is 1360. The minimum atomic E-state index is -1.73. The van der Waals surface area contributed by atoms with Crippen LogP contribution in [-0.2, 0) is 44.8 Å². The number of nitrogens with one attached hydrogen (secondary N) is 5. The normalized spacial score (nSPS) is 14.6. The van der Waals surface area contributed by atoms with Gasteiger partial charge in [0, 0.05) is 6.42 Å². The predicted octanol–water partition coefficient (Wildman–Crippen LogP) is -1.90. The highest BCUT2D eigenvalue weighted by Gasteiger charge is 2.34. The third-order valence-corrected chi connectivity index (χ3v) is 7.14. The Morgan fingerprint density at radius 3 is 1.40 bits per heavy atom. The number of aliphatic hydroxyl groups excluding tert-OH is 1. The van der Waals surface area contributed by atoms with Crippen LogP contribution in [0.5, 0.6) is 0 Å². The molecular weight excluding hydrogens is 660 g/mol. The fraction of sp³-hybridized carbons (Fsp3) is 0.562. The molecule has 50 heavy (non-hydrogen) atoms. The minimum absolute atomic E-state index is 0.0105. The van der Waals surface area contributed by atoms with Crippen molar-refractivity contribution < 1.29 is 58.8 Å². The van der Waals surface area contributed by atoms with E-state index in [0.717, 1.165) is 0 Å². The van der Waals surface area contributed by atoms with Crippen LogP contribution >= 0.6 is 0 Å². The molecule has 18 nitrogen and oxygen atoms in total. The first-order valence-corrected chi connectivity index (χ1v) is 15.9. The Morgan fingerprint density at radius 1 is 0.580 bits per heavy atom. The number of benzene rings is 1. The molecule has 0 spiro atoms. The van der Waals surface area contributed by atoms with Crippen molar-refractivity contribution in [1.82, 2.24) is 26.6 Å². The molecule has 1 rings (SSSR count). The van der Waals surface area contributed by atoms with Gasteiger partial charge in [-0.2, -0.15) is 0 Å². The Labute approximate surface area is 288 Å². The van der Waals surface area contributed by atoms with Gasteiger partial charge in [-0.25, -0.2) is 4.79 Å². The smallest absolute Gasteiger partial charge is 0.328 e. The summed E-state index contributed by atoms with van der Waals surface area (Å²) in [5, 5.41) is 48.8. The Hall–Kier alpha value is -5.10. The van der Waals surface area contributed by atoms with Crippen LogP contribution in [0.25, 0.3) is 0 Å². The molecule has 0 aliphatic rings. The van der Waals surface area contributed by atoms with E-state index in [1.165, 1.54) is 0 Å². The number of carboxylic acids is 3. The second-order valence-electron chi connectivity index (χ2n) is 12.6. The predicted molar refractivity (Wildman–Crippen MR) is 176 cm³/mol. The molecule has 0 aliphatic carbocycles. The minimum Gasteiger partial charge on any atom is -0.481 e. The molecule has 0 bridgehead atoms. The number of hydrogen-bond donors (Lipinski definition) is 10. The summed E-state index contributed by atoms with van der Waals surface area (Å²) >= 11 is 0. The average molecular weight is 709 g/mol. The monoisotopic (exact) mass is 708 g/mol. The van der Waals surface area contributed by atoms with Gasteiger partial charge in [-0.3, -0.25) is 33.6 Å². The van der Waals surface area contributed by atoms with Gasteiger partial charge in [0.2, 0.25) is 29.5 Å². The number of carbonyl (C=O) groups is 8. The summed E-state index contributed by atoms with van der Waals surface area (Å²) in [6.07, 6.45) is -1.71. The van der Waals surface area contributed by atoms with Crippen LogP contribution in [0.1, 0.15) is 58.9 Å². The van der Waals surface area contributed by atoms with Crippen molar-refractivity contribution in [2.45, 2.75) is 96.1 Å². The first kappa shape index (κ1) is 42.9. The number of hydrogen-bond acceptors (Lipinski definition) is 10. The van der Waals surface area contributed by atoms with Crippen molar-refractivity contribution in [3.63, 3.8) is 0 Å². The van der Waals surface area contributed by atoms with Gasteiger partial charge >= 0.3 is 17.9 Å². The fourth-order valence-corrected chi connectivity index (χ4v) is 4.68. The quantitative estimate of drug-likeness (QED) is 0.0630. The van der Waals surface area contributed by atoms with Gasteiger partial charge in [-0.05, 0) is 30.2 Å². The number of carboxylic acid groups (broad SMARTS) is 3. The van der Waals surface area contributed by atoms with E-state index in [4.69, 9.17) is 10.8 Å². The highest BCUT2D eigenvalue weighted by Crippen LogP contribution is 2.11. The first-order chi connectivity index (χ1) is 23.3. The number of rotatable bonds is 22. The molecule has 0 radical (unpaired) electrons. The maximum atomic E-state index is 13.6. The molecule has 0 aliphatic heterocycles. The summed E-state index contributed by atoms with van der Waals surface area (Å²) in [4.78, 5) is 99.8. The molecule has 11 N–H and O–H groups in total. The van der Waals surface area contributed by atoms with Gasteiger partial charge in [-0.1, -0.05) is 58.0 Å². The van der Waals surface area contributed by atoms with E-state index >= 15 is 0 Å². The lowest BCUT2D eigenvalue weighted by atomic mass is 9.99. The summed E-state index contributed by atoms with van der Waals surface area (Å²) in [5.74, 6) is -9.52. The SMILES string of the molecule is CC(C)C[C@H](NC(=O)[C@H](CC(C)C)NC(=O)[C@H](CC(=O)O)NC(=O)[C@@H](N)CC(=O)O)C(=O)N[C@@H](Cc1ccccc1)C(=O)N[C@@H](CO)C(=O)O. The van der Waals surface area contributed by atoms with Crippen LogP contribution in [0, 0.1) is 11.8 Å². The molecular formula is C32H48N6O12. The lowest BCUT2D eigenvalue weighted by Crippen LogP contribution is -2.60. The molecule has 278 valence electrons. The third-order valence-electron chi connectivity index (χ3n) is 7.14. The van der Waals surface area contributed by atoms with Crippen molar-refractivity contribution in [1.29, 1.82) is 0 Å². The van der Waals surface area contributed by atoms with Crippen LogP contribution < -0.4 is 32.3 Å². The third kappa shape index (κ3) is 15.9. The Kier molecular flexibility index (Phi) is 18.1. The van der Waals surface area contributed by atoms with E-state index in [0.29, 0.717) is 5.56 Å². The van der Waals surface area contributed by atoms with Crippen molar-refractivity contribution in [2.24, 2.45) is 17.6 Å². The summed E-state index contributed by atoms with van der Waals surface area (Å²) in [6.45, 7) is 6.08.